The molecule has 0 bridgehead atoms. The monoisotopic (exact) mass is 642 g/mol. The Morgan fingerprint density at radius 3 is 2.32 bits per heavy atom. The first-order chi connectivity index (χ1) is 20.8. The van der Waals surface area contributed by atoms with Crippen LogP contribution >= 0.6 is 0 Å². The van der Waals surface area contributed by atoms with E-state index >= 15 is 0 Å². The van der Waals surface area contributed by atoms with E-state index < -0.39 is 42.8 Å². The second-order valence-electron chi connectivity index (χ2n) is 11.2. The third-order valence-corrected chi connectivity index (χ3v) is 11.0. The van der Waals surface area contributed by atoms with Crippen LogP contribution in [0.2, 0.25) is 0 Å². The molecule has 236 valence electrons. The van der Waals surface area contributed by atoms with Crippen molar-refractivity contribution in [1.82, 2.24) is 10.2 Å². The number of amides is 1. The van der Waals surface area contributed by atoms with Crippen LogP contribution < -0.4 is 5.32 Å². The zero-order valence-electron chi connectivity index (χ0n) is 25.0. The molecule has 2 N–H and O–H groups in total. The number of hydrogen-bond acceptors (Lipinski definition) is 8. The van der Waals surface area contributed by atoms with Crippen LogP contribution in [-0.2, 0) is 35.8 Å². The van der Waals surface area contributed by atoms with Crippen molar-refractivity contribution in [3.8, 4) is 11.1 Å². The number of nitrogens with one attached hydrogen (secondary N) is 1. The molecule has 1 saturated heterocycles. The van der Waals surface area contributed by atoms with Gasteiger partial charge in [0.1, 0.15) is 15.9 Å². The summed E-state index contributed by atoms with van der Waals surface area (Å²) in [6.07, 6.45) is 1.17. The summed E-state index contributed by atoms with van der Waals surface area (Å²) in [5.74, 6) is -2.34. The number of nitrogens with zero attached hydrogens (tertiary/aromatic N) is 1. The Labute approximate surface area is 258 Å². The van der Waals surface area contributed by atoms with Crippen LogP contribution in [0, 0.1) is 6.92 Å². The number of ether oxygens (including phenoxy) is 1. The normalized spacial score (nSPS) is 18.2. The van der Waals surface area contributed by atoms with E-state index in [1.807, 2.05) is 37.3 Å². The molecule has 10 nitrogen and oxygen atoms in total. The molecule has 0 aliphatic carbocycles. The lowest BCUT2D eigenvalue weighted by Gasteiger charge is -2.24. The fourth-order valence-electron chi connectivity index (χ4n) is 5.57. The van der Waals surface area contributed by atoms with Gasteiger partial charge in [-0.05, 0) is 66.3 Å². The summed E-state index contributed by atoms with van der Waals surface area (Å²) in [5.41, 5.74) is 3.35. The van der Waals surface area contributed by atoms with Crippen LogP contribution in [0.15, 0.2) is 77.7 Å². The Morgan fingerprint density at radius 2 is 1.68 bits per heavy atom. The molecule has 44 heavy (non-hydrogen) atoms. The second kappa shape index (κ2) is 14.0. The average Bonchev–Trinajstić information content (AvgIpc) is 3.38. The van der Waals surface area contributed by atoms with E-state index in [1.165, 1.54) is 0 Å². The van der Waals surface area contributed by atoms with Gasteiger partial charge < -0.3 is 15.2 Å². The van der Waals surface area contributed by atoms with E-state index in [4.69, 9.17) is 4.74 Å². The van der Waals surface area contributed by atoms with Gasteiger partial charge in [-0.15, -0.1) is 0 Å². The van der Waals surface area contributed by atoms with Crippen LogP contribution in [0.3, 0.4) is 0 Å². The summed E-state index contributed by atoms with van der Waals surface area (Å²) in [7, 11) is -5.40. The molecule has 12 heteroatoms. The predicted octanol–water partition coefficient (Wildman–Crippen LogP) is 3.34. The molecular weight excluding hydrogens is 604 g/mol. The van der Waals surface area contributed by atoms with E-state index in [2.05, 4.69) is 10.2 Å². The summed E-state index contributed by atoms with van der Waals surface area (Å²) in [6, 6.07) is 19.7. The van der Waals surface area contributed by atoms with Crippen LogP contribution in [0.5, 0.6) is 0 Å². The quantitative estimate of drug-likeness (QED) is 0.287. The number of aryl methyl sites for hydroxylation is 1. The fourth-order valence-corrected chi connectivity index (χ4v) is 8.02. The zero-order chi connectivity index (χ0) is 32.1. The highest BCUT2D eigenvalue weighted by molar-refractivity contribution is 7.92. The van der Waals surface area contributed by atoms with Gasteiger partial charge in [0.15, 0.2) is 9.84 Å². The highest BCUT2D eigenvalue weighted by atomic mass is 32.2. The largest absolute Gasteiger partial charge is 0.480 e. The molecule has 3 atom stereocenters. The molecule has 1 fully saturated rings. The molecule has 3 aromatic rings. The molecule has 1 amide bonds. The van der Waals surface area contributed by atoms with Crippen molar-refractivity contribution < 1.29 is 36.3 Å². The van der Waals surface area contributed by atoms with Gasteiger partial charge in [-0.2, -0.15) is 0 Å². The van der Waals surface area contributed by atoms with E-state index in [0.29, 0.717) is 31.7 Å². The van der Waals surface area contributed by atoms with E-state index in [0.717, 1.165) is 22.9 Å². The summed E-state index contributed by atoms with van der Waals surface area (Å²) in [4.78, 5) is 27.7. The minimum atomic E-state index is -3.56. The van der Waals surface area contributed by atoms with Crippen molar-refractivity contribution in [3.05, 3.63) is 89.5 Å². The molecule has 1 heterocycles. The predicted molar refractivity (Wildman–Crippen MR) is 168 cm³/mol. The number of aliphatic carboxylic acids is 1. The zero-order valence-corrected chi connectivity index (χ0v) is 26.6. The van der Waals surface area contributed by atoms with Gasteiger partial charge in [0, 0.05) is 38.1 Å². The number of carbonyl (C=O) groups excluding carboxylic acids is 1. The van der Waals surface area contributed by atoms with Crippen molar-refractivity contribution in [1.29, 1.82) is 0 Å². The number of benzene rings is 3. The molecule has 3 aromatic carbocycles. The van der Waals surface area contributed by atoms with Gasteiger partial charge in [-0.25, -0.2) is 21.6 Å². The Bertz CT molecular complexity index is 1710. The summed E-state index contributed by atoms with van der Waals surface area (Å²) in [5, 5.41) is 11.5. The molecule has 1 aliphatic rings. The maximum Gasteiger partial charge on any atom is 0.326 e. The Morgan fingerprint density at radius 1 is 1.00 bits per heavy atom. The standard InChI is InChI=1S/C32H38N2O8S2/c1-22-9-7-8-12-27(22)29-17-23(13-14-28(29)31(35)33-30(32(36)37)15-16-43(3,38)39)19-34-20-26(18-24(34)21-42-2)44(40,41)25-10-5-4-6-11-25/h4-14,17,24,26,30H,15-16,18-21H2,1-3H3,(H,33,35)(H,36,37)/t24-,26-,30-/m1/s1. The minimum absolute atomic E-state index is 0.139. The lowest BCUT2D eigenvalue weighted by atomic mass is 9.93. The topological polar surface area (TPSA) is 147 Å². The lowest BCUT2D eigenvalue weighted by Crippen LogP contribution is -2.42. The molecule has 0 unspecified atom stereocenters. The van der Waals surface area contributed by atoms with Crippen LogP contribution in [0.4, 0.5) is 0 Å². The molecule has 0 radical (unpaired) electrons. The summed E-state index contributed by atoms with van der Waals surface area (Å²) in [6.45, 7) is 2.98. The minimum Gasteiger partial charge on any atom is -0.480 e. The first-order valence-electron chi connectivity index (χ1n) is 14.2. The smallest absolute Gasteiger partial charge is 0.326 e. The molecule has 0 spiro atoms. The van der Waals surface area contributed by atoms with E-state index in [-0.39, 0.29) is 28.7 Å². The van der Waals surface area contributed by atoms with Crippen LogP contribution in [0.1, 0.15) is 34.3 Å². The number of hydrogen-bond donors (Lipinski definition) is 2. The van der Waals surface area contributed by atoms with E-state index in [1.54, 1.807) is 49.6 Å². The first-order valence-corrected chi connectivity index (χ1v) is 17.8. The number of rotatable bonds is 13. The SMILES string of the molecule is COC[C@H]1C[C@@H](S(=O)(=O)c2ccccc2)CN1Cc1ccc(C(=O)N[C@H](CCS(C)(=O)=O)C(=O)O)c(-c2ccccc2C)c1. The molecule has 0 saturated carbocycles. The Kier molecular flexibility index (Phi) is 10.6. The van der Waals surface area contributed by atoms with Crippen LogP contribution in [0.25, 0.3) is 11.1 Å². The highest BCUT2D eigenvalue weighted by Gasteiger charge is 2.40. The number of carboxylic acid groups (broad SMARTS) is 1. The number of carboxylic acids is 1. The van der Waals surface area contributed by atoms with Crippen molar-refractivity contribution in [2.75, 3.05) is 32.3 Å². The maximum atomic E-state index is 13.5. The fraction of sp³-hybridized carbons (Fsp3) is 0.375. The van der Waals surface area contributed by atoms with Crippen molar-refractivity contribution in [2.45, 2.75) is 48.5 Å². The third kappa shape index (κ3) is 8.12. The lowest BCUT2D eigenvalue weighted by molar-refractivity contribution is -0.139. The van der Waals surface area contributed by atoms with E-state index in [9.17, 15) is 31.5 Å². The number of likely N-dealkylation sites (tertiary alicyclic amines) is 1. The van der Waals surface area contributed by atoms with Gasteiger partial charge in [0.25, 0.3) is 5.91 Å². The number of methoxy groups -OCH3 is 1. The van der Waals surface area contributed by atoms with Crippen LogP contribution in [-0.4, -0.2) is 88.3 Å². The molecular formula is C32H38N2O8S2. The Hall–Kier alpha value is -3.58. The third-order valence-electron chi connectivity index (χ3n) is 7.89. The Balaban J connectivity index is 1.64. The summed E-state index contributed by atoms with van der Waals surface area (Å²) < 4.78 is 55.6. The maximum absolute atomic E-state index is 13.5. The highest BCUT2D eigenvalue weighted by Crippen LogP contribution is 2.32. The molecule has 1 aliphatic heterocycles. The number of carbonyl (C=O) groups is 2. The van der Waals surface area contributed by atoms with Gasteiger partial charge >= 0.3 is 5.97 Å². The number of sulfone groups is 2. The summed E-state index contributed by atoms with van der Waals surface area (Å²) >= 11 is 0. The molecule has 4 rings (SSSR count). The van der Waals surface area contributed by atoms with Crippen molar-refractivity contribution in [2.24, 2.45) is 0 Å². The second-order valence-corrected chi connectivity index (χ2v) is 15.7. The average molecular weight is 643 g/mol. The van der Waals surface area contributed by atoms with Gasteiger partial charge in [-0.1, -0.05) is 48.5 Å². The van der Waals surface area contributed by atoms with Gasteiger partial charge in [-0.3, -0.25) is 9.69 Å². The molecule has 0 aromatic heterocycles. The first kappa shape index (κ1) is 33.3. The van der Waals surface area contributed by atoms with Crippen molar-refractivity contribution >= 4 is 31.6 Å². The van der Waals surface area contributed by atoms with Gasteiger partial charge in [0.05, 0.1) is 22.5 Å². The van der Waals surface area contributed by atoms with Crippen molar-refractivity contribution in [3.63, 3.8) is 0 Å². The van der Waals surface area contributed by atoms with Gasteiger partial charge in [0.2, 0.25) is 0 Å².